The molecule has 3 rings (SSSR count). The molecule has 1 atom stereocenters. The number of amides is 2. The maximum atomic E-state index is 13.0. The molecule has 0 saturated heterocycles. The molecule has 0 unspecified atom stereocenters. The van der Waals surface area contributed by atoms with Gasteiger partial charge in [0.25, 0.3) is 0 Å². The number of carbonyl (C=O) groups is 2. The molecule has 0 aliphatic carbocycles. The van der Waals surface area contributed by atoms with Crippen molar-refractivity contribution in [2.75, 3.05) is 17.6 Å². The number of aromatic nitrogens is 2. The molecule has 0 spiro atoms. The van der Waals surface area contributed by atoms with E-state index in [-0.39, 0.29) is 30.2 Å². The molecule has 0 fully saturated rings. The highest BCUT2D eigenvalue weighted by molar-refractivity contribution is 8.03. The van der Waals surface area contributed by atoms with Crippen LogP contribution in [0.1, 0.15) is 37.0 Å². The van der Waals surface area contributed by atoms with E-state index in [1.807, 2.05) is 70.2 Å². The van der Waals surface area contributed by atoms with Crippen molar-refractivity contribution in [2.45, 2.75) is 54.6 Å². The first-order valence-electron chi connectivity index (χ1n) is 11.3. The third-order valence-corrected chi connectivity index (χ3v) is 9.12. The lowest BCUT2D eigenvalue weighted by Gasteiger charge is -2.28. The Hall–Kier alpha value is -2.07. The summed E-state index contributed by atoms with van der Waals surface area (Å²) in [4.78, 5) is 27.4. The Labute approximate surface area is 224 Å². The Balaban J connectivity index is 1.54. The highest BCUT2D eigenvalue weighted by Crippen LogP contribution is 2.31. The largest absolute Gasteiger partial charge is 0.330 e. The molecule has 186 valence electrons. The zero-order chi connectivity index (χ0) is 25.4. The number of nitrogens with zero attached hydrogens (tertiary/aromatic N) is 3. The van der Waals surface area contributed by atoms with Gasteiger partial charge in [-0.05, 0) is 62.1 Å². The number of aryl methyl sites for hydroxylation is 1. The molecule has 1 N–H and O–H groups in total. The molecule has 35 heavy (non-hydrogen) atoms. The third-order valence-electron chi connectivity index (χ3n) is 5.62. The molecule has 0 saturated carbocycles. The van der Waals surface area contributed by atoms with Crippen molar-refractivity contribution in [3.63, 3.8) is 0 Å². The van der Waals surface area contributed by atoms with Gasteiger partial charge in [0.05, 0.1) is 5.75 Å². The molecule has 2 amide bonds. The van der Waals surface area contributed by atoms with Crippen molar-refractivity contribution in [3.05, 3.63) is 64.2 Å². The van der Waals surface area contributed by atoms with Crippen molar-refractivity contribution in [2.24, 2.45) is 0 Å². The number of hydrogen-bond acceptors (Lipinski definition) is 7. The summed E-state index contributed by atoms with van der Waals surface area (Å²) in [6.45, 7) is 7.97. The van der Waals surface area contributed by atoms with Gasteiger partial charge in [-0.2, -0.15) is 0 Å². The summed E-state index contributed by atoms with van der Waals surface area (Å²) in [6, 6.07) is 13.5. The van der Waals surface area contributed by atoms with Crippen molar-refractivity contribution in [1.29, 1.82) is 0 Å². The van der Waals surface area contributed by atoms with Gasteiger partial charge in [-0.15, -0.1) is 10.2 Å². The summed E-state index contributed by atoms with van der Waals surface area (Å²) in [6.07, 6.45) is 0.761. The summed E-state index contributed by atoms with van der Waals surface area (Å²) in [5, 5.41) is 12.1. The highest BCUT2D eigenvalue weighted by Gasteiger charge is 2.23. The quantitative estimate of drug-likeness (QED) is 0.277. The Morgan fingerprint density at radius 3 is 2.46 bits per heavy atom. The fourth-order valence-corrected chi connectivity index (χ4v) is 6.18. The molecule has 6 nitrogen and oxygen atoms in total. The molecular formula is C25H29ClN4O2S3. The smallest absolute Gasteiger partial charge is 0.244 e. The summed E-state index contributed by atoms with van der Waals surface area (Å²) in [5.74, 6) is 0.685. The number of nitrogens with one attached hydrogen (secondary N) is 1. The van der Waals surface area contributed by atoms with Crippen LogP contribution >= 0.6 is 46.5 Å². The molecule has 2 aromatic carbocycles. The fourth-order valence-electron chi connectivity index (χ4n) is 3.19. The molecule has 3 aromatic rings. The summed E-state index contributed by atoms with van der Waals surface area (Å²) < 4.78 is 1.59. The van der Waals surface area contributed by atoms with E-state index >= 15 is 0 Å². The van der Waals surface area contributed by atoms with E-state index in [1.165, 1.54) is 23.1 Å². The lowest BCUT2D eigenvalue weighted by molar-refractivity contribution is -0.134. The molecule has 1 aromatic heterocycles. The van der Waals surface area contributed by atoms with E-state index < -0.39 is 0 Å². The van der Waals surface area contributed by atoms with Crippen LogP contribution in [0.3, 0.4) is 0 Å². The van der Waals surface area contributed by atoms with Gasteiger partial charge in [0.15, 0.2) is 8.68 Å². The van der Waals surface area contributed by atoms with Crippen LogP contribution in [0.25, 0.3) is 0 Å². The normalized spacial score (nSPS) is 11.8. The lowest BCUT2D eigenvalue weighted by atomic mass is 10.1. The zero-order valence-corrected chi connectivity index (χ0v) is 23.4. The molecule has 10 heteroatoms. The van der Waals surface area contributed by atoms with Gasteiger partial charge >= 0.3 is 0 Å². The Morgan fingerprint density at radius 2 is 1.77 bits per heavy atom. The van der Waals surface area contributed by atoms with Crippen LogP contribution in [0.2, 0.25) is 5.02 Å². The van der Waals surface area contributed by atoms with E-state index in [9.17, 15) is 9.59 Å². The summed E-state index contributed by atoms with van der Waals surface area (Å²) in [5.41, 5.74) is 4.07. The van der Waals surface area contributed by atoms with E-state index in [0.717, 1.165) is 43.2 Å². The van der Waals surface area contributed by atoms with E-state index in [2.05, 4.69) is 15.5 Å². The summed E-state index contributed by atoms with van der Waals surface area (Å²) >= 11 is 10.4. The number of anilines is 1. The van der Waals surface area contributed by atoms with Crippen LogP contribution in [-0.4, -0.2) is 45.3 Å². The molecule has 1 heterocycles. The second-order valence-corrected chi connectivity index (χ2v) is 12.0. The third kappa shape index (κ3) is 8.24. The highest BCUT2D eigenvalue weighted by atomic mass is 35.5. The van der Waals surface area contributed by atoms with E-state index in [1.54, 1.807) is 16.7 Å². The predicted octanol–water partition coefficient (Wildman–Crippen LogP) is 6.46. The van der Waals surface area contributed by atoms with Crippen LogP contribution in [0, 0.1) is 13.8 Å². The Bertz CT molecular complexity index is 1150. The molecule has 0 bridgehead atoms. The van der Waals surface area contributed by atoms with Gasteiger partial charge in [0.2, 0.25) is 11.8 Å². The Morgan fingerprint density at radius 1 is 1.09 bits per heavy atom. The first-order valence-corrected chi connectivity index (χ1v) is 14.4. The van der Waals surface area contributed by atoms with E-state index in [4.69, 9.17) is 11.6 Å². The van der Waals surface area contributed by atoms with Crippen LogP contribution in [0.15, 0.2) is 51.1 Å². The zero-order valence-electron chi connectivity index (χ0n) is 20.2. The van der Waals surface area contributed by atoms with Gasteiger partial charge in [-0.1, -0.05) is 77.7 Å². The minimum atomic E-state index is -0.200. The van der Waals surface area contributed by atoms with Crippen molar-refractivity contribution in [1.82, 2.24) is 15.1 Å². The van der Waals surface area contributed by atoms with Crippen molar-refractivity contribution < 1.29 is 9.59 Å². The van der Waals surface area contributed by atoms with Crippen molar-refractivity contribution in [3.8, 4) is 0 Å². The van der Waals surface area contributed by atoms with Gasteiger partial charge in [0.1, 0.15) is 6.54 Å². The number of thioether (sulfide) groups is 2. The first-order chi connectivity index (χ1) is 16.8. The van der Waals surface area contributed by atoms with Gasteiger partial charge in [-0.3, -0.25) is 9.59 Å². The first kappa shape index (κ1) is 27.5. The maximum Gasteiger partial charge on any atom is 0.244 e. The minimum absolute atomic E-state index is 0.0140. The Kier molecular flexibility index (Phi) is 10.5. The number of benzene rings is 2. The molecule has 0 aliphatic heterocycles. The number of carbonyl (C=O) groups excluding carboxylic acids is 2. The SMILES string of the molecule is CC[C@H](C)N(CC(=O)Nc1cccc(C)c1C)C(=O)CSc1nnc(SCc2ccc(Cl)cc2)s1. The van der Waals surface area contributed by atoms with Crippen molar-refractivity contribution >= 4 is 64.0 Å². The number of rotatable bonds is 11. The van der Waals surface area contributed by atoms with Gasteiger partial charge in [-0.25, -0.2) is 0 Å². The second-order valence-electron chi connectivity index (χ2n) is 8.11. The van der Waals surface area contributed by atoms with Crippen LogP contribution < -0.4 is 5.32 Å². The van der Waals surface area contributed by atoms with Crippen LogP contribution in [0.5, 0.6) is 0 Å². The van der Waals surface area contributed by atoms with Crippen LogP contribution in [0.4, 0.5) is 5.69 Å². The average molecular weight is 549 g/mol. The standard InChI is InChI=1S/C25H29ClN4O2S3/c1-5-17(3)30(13-22(31)27-21-8-6-7-16(2)18(21)4)23(32)15-34-25-29-28-24(35-25)33-14-19-9-11-20(26)12-10-19/h6-12,17H,5,13-15H2,1-4H3,(H,27,31)/t17-/m0/s1. The topological polar surface area (TPSA) is 75.2 Å². The van der Waals surface area contributed by atoms with E-state index in [0.29, 0.717) is 5.02 Å². The van der Waals surface area contributed by atoms with Gasteiger partial charge in [0, 0.05) is 22.5 Å². The lowest BCUT2D eigenvalue weighted by Crippen LogP contribution is -2.44. The summed E-state index contributed by atoms with van der Waals surface area (Å²) in [7, 11) is 0. The monoisotopic (exact) mass is 548 g/mol. The number of hydrogen-bond donors (Lipinski definition) is 1. The van der Waals surface area contributed by atoms with Gasteiger partial charge < -0.3 is 10.2 Å². The maximum absolute atomic E-state index is 13.0. The fraction of sp³-hybridized carbons (Fsp3) is 0.360. The number of halogens is 1. The average Bonchev–Trinajstić information content (AvgIpc) is 3.31. The molecular weight excluding hydrogens is 520 g/mol. The predicted molar refractivity (Wildman–Crippen MR) is 148 cm³/mol. The molecule has 0 radical (unpaired) electrons. The minimum Gasteiger partial charge on any atom is -0.330 e. The van der Waals surface area contributed by atoms with Crippen LogP contribution in [-0.2, 0) is 15.3 Å². The molecule has 0 aliphatic rings. The second kappa shape index (κ2) is 13.3.